The zero-order valence-corrected chi connectivity index (χ0v) is 15.0. The molecule has 0 N–H and O–H groups in total. The number of hydrogen-bond donors (Lipinski definition) is 0. The second-order valence-electron chi connectivity index (χ2n) is 5.24. The van der Waals surface area contributed by atoms with Crippen LogP contribution in [0, 0.1) is 5.82 Å². The van der Waals surface area contributed by atoms with Crippen LogP contribution in [-0.2, 0) is 15.9 Å². The molecule has 1 atom stereocenters. The number of piperazine rings is 1. The molecule has 1 fully saturated rings. The Kier molecular flexibility index (Phi) is 5.31. The molecule has 1 aliphatic heterocycles. The quantitative estimate of drug-likeness (QED) is 0.734. The highest BCUT2D eigenvalue weighted by atomic mass is 79.9. The van der Waals surface area contributed by atoms with Gasteiger partial charge in [-0.05, 0) is 26.1 Å². The fraction of sp³-hybridized carbons (Fsp3) is 0.538. The van der Waals surface area contributed by atoms with E-state index in [0.717, 1.165) is 0 Å². The fourth-order valence-electron chi connectivity index (χ4n) is 2.51. The molecule has 0 spiro atoms. The molecule has 0 radical (unpaired) electrons. The molecule has 8 heteroatoms. The normalized spacial score (nSPS) is 21.7. The zero-order valence-electron chi connectivity index (χ0n) is 11.8. The Morgan fingerprint density at radius 1 is 1.43 bits per heavy atom. The number of likely N-dealkylation sites (N-methyl/N-ethyl adjacent to an activating group) is 1. The Labute approximate surface area is 138 Å². The Morgan fingerprint density at radius 2 is 2.10 bits per heavy atom. The topological polar surface area (TPSA) is 40.6 Å². The van der Waals surface area contributed by atoms with Gasteiger partial charge in [0.25, 0.3) is 0 Å². The lowest BCUT2D eigenvalue weighted by Crippen LogP contribution is -2.52. The van der Waals surface area contributed by atoms with E-state index in [9.17, 15) is 12.8 Å². The van der Waals surface area contributed by atoms with Crippen LogP contribution in [0.5, 0.6) is 0 Å². The molecule has 0 saturated carbocycles. The monoisotopic (exact) mass is 398 g/mol. The molecule has 1 unspecified atom stereocenters. The summed E-state index contributed by atoms with van der Waals surface area (Å²) < 4.78 is 41.7. The van der Waals surface area contributed by atoms with Crippen LogP contribution in [0.1, 0.15) is 12.5 Å². The zero-order chi connectivity index (χ0) is 15.8. The molecule has 2 rings (SSSR count). The van der Waals surface area contributed by atoms with E-state index in [0.29, 0.717) is 24.1 Å². The van der Waals surface area contributed by atoms with E-state index in [-0.39, 0.29) is 22.4 Å². The van der Waals surface area contributed by atoms with E-state index in [4.69, 9.17) is 11.6 Å². The molecule has 1 aliphatic rings. The maximum Gasteiger partial charge on any atom is 0.246 e. The van der Waals surface area contributed by atoms with Crippen LogP contribution in [0.3, 0.4) is 0 Å². The van der Waals surface area contributed by atoms with Crippen LogP contribution in [0.2, 0.25) is 0 Å². The van der Waals surface area contributed by atoms with E-state index in [1.165, 1.54) is 16.4 Å². The molecule has 0 aromatic heterocycles. The molecule has 21 heavy (non-hydrogen) atoms. The van der Waals surface area contributed by atoms with E-state index < -0.39 is 15.8 Å². The van der Waals surface area contributed by atoms with Gasteiger partial charge in [0.05, 0.1) is 5.88 Å². The molecule has 1 aromatic carbocycles. The maximum atomic E-state index is 14.4. The van der Waals surface area contributed by atoms with E-state index >= 15 is 0 Å². The molecular formula is C13H17BrClFN2O2S. The lowest BCUT2D eigenvalue weighted by molar-refractivity contribution is 0.170. The van der Waals surface area contributed by atoms with Crippen LogP contribution < -0.4 is 0 Å². The molecule has 118 valence electrons. The minimum atomic E-state index is -3.88. The summed E-state index contributed by atoms with van der Waals surface area (Å²) in [4.78, 5) is 1.74. The standard InChI is InChI=1S/C13H17BrClFN2O2S/c1-9-8-17(2)3-4-18(9)21(19,20)12-6-11(14)5-10(7-15)13(12)16/h5-6,9H,3-4,7-8H2,1-2H3. The van der Waals surface area contributed by atoms with Crippen LogP contribution in [0.4, 0.5) is 4.39 Å². The first-order valence-corrected chi connectivity index (χ1v) is 9.28. The van der Waals surface area contributed by atoms with Crippen molar-refractivity contribution < 1.29 is 12.8 Å². The summed E-state index contributed by atoms with van der Waals surface area (Å²) in [7, 11) is -1.94. The Hall–Kier alpha value is -0.210. The van der Waals surface area contributed by atoms with Gasteiger partial charge < -0.3 is 4.90 Å². The third kappa shape index (κ3) is 3.42. The summed E-state index contributed by atoms with van der Waals surface area (Å²) >= 11 is 8.90. The predicted octanol–water partition coefficient (Wildman–Crippen LogP) is 2.65. The van der Waals surface area contributed by atoms with Gasteiger partial charge in [-0.2, -0.15) is 4.31 Å². The van der Waals surface area contributed by atoms with Crippen LogP contribution in [-0.4, -0.2) is 50.3 Å². The van der Waals surface area contributed by atoms with E-state index in [1.807, 2.05) is 14.0 Å². The molecule has 0 amide bonds. The highest BCUT2D eigenvalue weighted by Gasteiger charge is 2.35. The van der Waals surface area contributed by atoms with Crippen molar-refractivity contribution in [1.29, 1.82) is 0 Å². The molecule has 1 heterocycles. The number of alkyl halides is 1. The highest BCUT2D eigenvalue weighted by Crippen LogP contribution is 2.29. The molecule has 0 bridgehead atoms. The van der Waals surface area contributed by atoms with Gasteiger partial charge in [0.15, 0.2) is 0 Å². The second kappa shape index (κ2) is 6.50. The third-order valence-electron chi connectivity index (χ3n) is 3.58. The minimum absolute atomic E-state index is 0.0773. The number of nitrogens with zero attached hydrogens (tertiary/aromatic N) is 2. The summed E-state index contributed by atoms with van der Waals surface area (Å²) in [5.41, 5.74) is 0.173. The first-order chi connectivity index (χ1) is 9.77. The first kappa shape index (κ1) is 17.1. The molecule has 4 nitrogen and oxygen atoms in total. The van der Waals surface area contributed by atoms with Gasteiger partial charge in [0.1, 0.15) is 10.7 Å². The average Bonchev–Trinajstić information content (AvgIpc) is 2.40. The number of hydrogen-bond acceptors (Lipinski definition) is 3. The van der Waals surface area contributed by atoms with Crippen molar-refractivity contribution >= 4 is 37.6 Å². The predicted molar refractivity (Wildman–Crippen MR) is 84.5 cm³/mol. The van der Waals surface area contributed by atoms with Gasteiger partial charge in [0, 0.05) is 35.7 Å². The lowest BCUT2D eigenvalue weighted by atomic mass is 10.2. The number of benzene rings is 1. The van der Waals surface area contributed by atoms with Gasteiger partial charge in [-0.3, -0.25) is 0 Å². The fourth-order valence-corrected chi connectivity index (χ4v) is 5.11. The largest absolute Gasteiger partial charge is 0.303 e. The van der Waals surface area contributed by atoms with Crippen LogP contribution in [0.15, 0.2) is 21.5 Å². The van der Waals surface area contributed by atoms with Gasteiger partial charge >= 0.3 is 0 Å². The summed E-state index contributed by atoms with van der Waals surface area (Å²) in [6, 6.07) is 2.59. The van der Waals surface area contributed by atoms with Crippen LogP contribution >= 0.6 is 27.5 Å². The highest BCUT2D eigenvalue weighted by molar-refractivity contribution is 9.10. The van der Waals surface area contributed by atoms with Gasteiger partial charge in [-0.25, -0.2) is 12.8 Å². The molecule has 0 aliphatic carbocycles. The average molecular weight is 400 g/mol. The molecule has 1 saturated heterocycles. The van der Waals surface area contributed by atoms with Crippen LogP contribution in [0.25, 0.3) is 0 Å². The maximum absolute atomic E-state index is 14.4. The lowest BCUT2D eigenvalue weighted by Gasteiger charge is -2.37. The SMILES string of the molecule is CC1CN(C)CCN1S(=O)(=O)c1cc(Br)cc(CCl)c1F. The third-order valence-corrected chi connectivity index (χ3v) is 6.34. The van der Waals surface area contributed by atoms with Crippen molar-refractivity contribution in [2.45, 2.75) is 23.7 Å². The minimum Gasteiger partial charge on any atom is -0.303 e. The summed E-state index contributed by atoms with van der Waals surface area (Å²) in [5.74, 6) is -0.842. The van der Waals surface area contributed by atoms with Gasteiger partial charge in [-0.1, -0.05) is 15.9 Å². The second-order valence-corrected chi connectivity index (χ2v) is 8.28. The molecule has 1 aromatic rings. The van der Waals surface area contributed by atoms with Gasteiger partial charge in [-0.15, -0.1) is 11.6 Å². The summed E-state index contributed by atoms with van der Waals surface area (Å²) in [6.45, 7) is 3.42. The Balaban J connectivity index is 2.47. The van der Waals surface area contributed by atoms with Gasteiger partial charge in [0.2, 0.25) is 10.0 Å². The summed E-state index contributed by atoms with van der Waals surface area (Å²) in [6.07, 6.45) is 0. The number of halogens is 3. The number of rotatable bonds is 3. The van der Waals surface area contributed by atoms with Crippen molar-refractivity contribution in [3.8, 4) is 0 Å². The number of sulfonamides is 1. The smallest absolute Gasteiger partial charge is 0.246 e. The Bertz CT molecular complexity index is 641. The Morgan fingerprint density at radius 3 is 2.67 bits per heavy atom. The van der Waals surface area contributed by atoms with E-state index in [1.54, 1.807) is 0 Å². The van der Waals surface area contributed by atoms with Crippen molar-refractivity contribution in [1.82, 2.24) is 9.21 Å². The van der Waals surface area contributed by atoms with E-state index in [2.05, 4.69) is 20.8 Å². The van der Waals surface area contributed by atoms with Crippen molar-refractivity contribution in [2.24, 2.45) is 0 Å². The molecular weight excluding hydrogens is 383 g/mol. The first-order valence-electron chi connectivity index (χ1n) is 6.51. The van der Waals surface area contributed by atoms with Crippen molar-refractivity contribution in [3.63, 3.8) is 0 Å². The van der Waals surface area contributed by atoms with Crippen molar-refractivity contribution in [3.05, 3.63) is 28.0 Å². The van der Waals surface area contributed by atoms with Crippen molar-refractivity contribution in [2.75, 3.05) is 26.7 Å². The summed E-state index contributed by atoms with van der Waals surface area (Å²) in [5, 5.41) is 0.